The molecule has 5 rings (SSSR count). The number of hydrogen-bond acceptors (Lipinski definition) is 8. The molecule has 6 nitrogen and oxygen atoms in total. The fraction of sp³-hybridized carbons (Fsp3) is 0.382. The van der Waals surface area contributed by atoms with Gasteiger partial charge in [0.1, 0.15) is 11.6 Å². The van der Waals surface area contributed by atoms with Crippen molar-refractivity contribution >= 4 is 45.0 Å². The summed E-state index contributed by atoms with van der Waals surface area (Å²) in [5.74, 6) is 2.41. The van der Waals surface area contributed by atoms with Crippen LogP contribution in [0, 0.1) is 5.92 Å². The molecule has 2 aliphatic heterocycles. The van der Waals surface area contributed by atoms with Crippen molar-refractivity contribution in [3.63, 3.8) is 0 Å². The topological polar surface area (TPSA) is 88.5 Å². The second kappa shape index (κ2) is 13.8. The molecule has 3 heterocycles. The highest BCUT2D eigenvalue weighted by Gasteiger charge is 2.39. The predicted octanol–water partition coefficient (Wildman–Crippen LogP) is 7.38. The number of Topliss-reactive ketones (excluding diaryl/α,β-unsaturated/α-hetero) is 1. The van der Waals surface area contributed by atoms with Gasteiger partial charge in [-0.1, -0.05) is 71.3 Å². The van der Waals surface area contributed by atoms with Crippen molar-refractivity contribution in [1.82, 2.24) is 4.98 Å². The van der Waals surface area contributed by atoms with Crippen LogP contribution in [0.5, 0.6) is 11.5 Å². The van der Waals surface area contributed by atoms with Crippen molar-refractivity contribution < 1.29 is 19.4 Å². The van der Waals surface area contributed by atoms with E-state index < -0.39 is 0 Å². The Balaban J connectivity index is 1.59. The lowest BCUT2D eigenvalue weighted by Crippen LogP contribution is -2.33. The zero-order valence-electron chi connectivity index (χ0n) is 24.2. The number of nitrogens with zero attached hydrogens (tertiary/aromatic N) is 1. The number of benzene rings is 2. The number of pyridine rings is 1. The molecule has 0 amide bonds. The third kappa shape index (κ3) is 7.21. The molecule has 0 radical (unpaired) electrons. The minimum Gasteiger partial charge on any atom is -0.504 e. The summed E-state index contributed by atoms with van der Waals surface area (Å²) < 4.78 is 5.18. The first-order valence-electron chi connectivity index (χ1n) is 14.6. The number of nitrogens with one attached hydrogen (secondary N) is 1. The van der Waals surface area contributed by atoms with Crippen molar-refractivity contribution in [2.45, 2.75) is 56.6 Å². The highest BCUT2D eigenvalue weighted by molar-refractivity contribution is 8.77. The Morgan fingerprint density at radius 3 is 2.74 bits per heavy atom. The Hall–Kier alpha value is -3.23. The van der Waals surface area contributed by atoms with Crippen molar-refractivity contribution in [3.05, 3.63) is 88.6 Å². The fourth-order valence-electron chi connectivity index (χ4n) is 5.69. The van der Waals surface area contributed by atoms with Gasteiger partial charge in [0.2, 0.25) is 0 Å². The predicted molar refractivity (Wildman–Crippen MR) is 173 cm³/mol. The van der Waals surface area contributed by atoms with Gasteiger partial charge in [0.05, 0.1) is 18.3 Å². The zero-order chi connectivity index (χ0) is 29.5. The highest BCUT2D eigenvalue weighted by Crippen LogP contribution is 2.53. The van der Waals surface area contributed by atoms with Gasteiger partial charge in [-0.2, -0.15) is 0 Å². The van der Waals surface area contributed by atoms with Gasteiger partial charge in [0.25, 0.3) is 0 Å². The number of fused-ring (bicyclic) bond motifs is 2. The maximum Gasteiger partial charge on any atom is 0.163 e. The number of carbonyl (C=O) groups is 2. The SMILES string of the molecule is CCC1CCC(=O)CC(=O)C=Cc2cc(OC)c(O)cc2Cc2cnc3c(c2)C(Cc2ccccc2)(CCN3)SSC1. The summed E-state index contributed by atoms with van der Waals surface area (Å²) in [4.78, 5) is 30.3. The first-order chi connectivity index (χ1) is 20.4. The molecule has 42 heavy (non-hydrogen) atoms. The van der Waals surface area contributed by atoms with E-state index in [9.17, 15) is 14.7 Å². The lowest BCUT2D eigenvalue weighted by atomic mass is 9.85. The summed E-state index contributed by atoms with van der Waals surface area (Å²) in [5.41, 5.74) is 5.11. The number of aromatic hydroxyl groups is 1. The summed E-state index contributed by atoms with van der Waals surface area (Å²) >= 11 is 0. The average molecular weight is 603 g/mol. The van der Waals surface area contributed by atoms with Gasteiger partial charge >= 0.3 is 0 Å². The van der Waals surface area contributed by atoms with Crippen molar-refractivity contribution in [2.24, 2.45) is 5.92 Å². The molecule has 2 N–H and O–H groups in total. The summed E-state index contributed by atoms with van der Waals surface area (Å²) in [5, 5.41) is 14.1. The van der Waals surface area contributed by atoms with Crippen LogP contribution in [0.2, 0.25) is 0 Å². The number of phenols is 1. The normalized spacial score (nSPS) is 21.5. The van der Waals surface area contributed by atoms with Crippen LogP contribution in [0.15, 0.2) is 60.8 Å². The van der Waals surface area contributed by atoms with Gasteiger partial charge < -0.3 is 15.2 Å². The minimum atomic E-state index is -0.218. The molecule has 2 atom stereocenters. The standard InChI is InChI=1S/C34H38N2O4S2/c1-3-23-9-11-28(37)19-29(38)12-10-26-18-32(40-2)31(39)17-27(26)15-25-16-30-33(36-21-25)35-14-13-34(30,42-41-22-23)20-24-7-5-4-6-8-24/h4-8,10,12,16-18,21,23,39H,3,9,11,13-15,19-20,22H2,1-2H3,(H,35,36). The maximum absolute atomic E-state index is 12.7. The molecule has 8 heteroatoms. The van der Waals surface area contributed by atoms with Crippen LogP contribution >= 0.6 is 21.6 Å². The number of ketones is 2. The Morgan fingerprint density at radius 1 is 1.12 bits per heavy atom. The Bertz CT molecular complexity index is 1460. The highest BCUT2D eigenvalue weighted by atomic mass is 33.1. The van der Waals surface area contributed by atoms with E-state index in [0.717, 1.165) is 60.5 Å². The van der Waals surface area contributed by atoms with Gasteiger partial charge in [0.15, 0.2) is 17.3 Å². The number of hydrogen-bond donors (Lipinski definition) is 2. The summed E-state index contributed by atoms with van der Waals surface area (Å²) in [7, 11) is 5.33. The van der Waals surface area contributed by atoms with Crippen LogP contribution in [0.3, 0.4) is 0 Å². The quantitative estimate of drug-likeness (QED) is 0.236. The number of aromatic nitrogens is 1. The minimum absolute atomic E-state index is 0.0185. The molecule has 220 valence electrons. The maximum atomic E-state index is 12.7. The number of ether oxygens (including phenoxy) is 1. The molecule has 3 aromatic rings. The summed E-state index contributed by atoms with van der Waals surface area (Å²) in [6, 6.07) is 16.3. The lowest BCUT2D eigenvalue weighted by Gasteiger charge is -2.39. The van der Waals surface area contributed by atoms with Crippen molar-refractivity contribution in [2.75, 3.05) is 24.7 Å². The molecule has 2 aliphatic rings. The van der Waals surface area contributed by atoms with E-state index >= 15 is 0 Å². The second-order valence-electron chi connectivity index (χ2n) is 11.2. The van der Waals surface area contributed by atoms with Gasteiger partial charge in [-0.25, -0.2) is 4.98 Å². The zero-order valence-corrected chi connectivity index (χ0v) is 25.9. The Kier molecular flexibility index (Phi) is 9.95. The average Bonchev–Trinajstić information content (AvgIpc) is 2.99. The van der Waals surface area contributed by atoms with Crippen LogP contribution in [-0.2, 0) is 27.2 Å². The lowest BCUT2D eigenvalue weighted by molar-refractivity contribution is -0.124. The van der Waals surface area contributed by atoms with Crippen LogP contribution in [-0.4, -0.2) is 41.1 Å². The van der Waals surface area contributed by atoms with Gasteiger partial charge in [-0.05, 0) is 78.1 Å². The smallest absolute Gasteiger partial charge is 0.163 e. The summed E-state index contributed by atoms with van der Waals surface area (Å²) in [6.07, 6.45) is 9.56. The molecule has 2 aromatic carbocycles. The van der Waals surface area contributed by atoms with E-state index in [1.807, 2.05) is 27.8 Å². The number of carbonyl (C=O) groups excluding carboxylic acids is 2. The van der Waals surface area contributed by atoms with E-state index in [4.69, 9.17) is 9.72 Å². The van der Waals surface area contributed by atoms with Crippen molar-refractivity contribution in [1.29, 1.82) is 0 Å². The first kappa shape index (κ1) is 30.2. The Morgan fingerprint density at radius 2 is 1.95 bits per heavy atom. The fourth-order valence-corrected chi connectivity index (χ4v) is 9.39. The summed E-state index contributed by atoms with van der Waals surface area (Å²) in [6.45, 7) is 3.03. The Labute approximate surface area is 256 Å². The number of rotatable bonds is 4. The molecule has 1 aromatic heterocycles. The third-order valence-electron chi connectivity index (χ3n) is 8.18. The molecule has 0 fully saturated rings. The molecular formula is C34H38N2O4S2. The van der Waals surface area contributed by atoms with E-state index in [1.54, 1.807) is 18.2 Å². The number of phenolic OH excluding ortho intramolecular Hbond substituents is 1. The number of allylic oxidation sites excluding steroid dienone is 1. The number of methoxy groups -OCH3 is 1. The van der Waals surface area contributed by atoms with Crippen LogP contribution < -0.4 is 10.1 Å². The molecule has 0 spiro atoms. The van der Waals surface area contributed by atoms with Gasteiger partial charge in [-0.15, -0.1) is 0 Å². The third-order valence-corrected chi connectivity index (χ3v) is 11.5. The number of anilines is 1. The van der Waals surface area contributed by atoms with E-state index in [1.165, 1.54) is 24.3 Å². The first-order valence-corrected chi connectivity index (χ1v) is 16.9. The van der Waals surface area contributed by atoms with Gasteiger partial charge in [-0.3, -0.25) is 9.59 Å². The molecule has 0 saturated carbocycles. The van der Waals surface area contributed by atoms with E-state index in [2.05, 4.69) is 48.6 Å². The molecular weight excluding hydrogens is 565 g/mol. The molecule has 2 unspecified atom stereocenters. The largest absolute Gasteiger partial charge is 0.504 e. The monoisotopic (exact) mass is 602 g/mol. The van der Waals surface area contributed by atoms with Crippen LogP contribution in [0.4, 0.5) is 5.82 Å². The molecule has 0 aliphatic carbocycles. The van der Waals surface area contributed by atoms with Crippen molar-refractivity contribution in [3.8, 4) is 11.5 Å². The van der Waals surface area contributed by atoms with Crippen LogP contribution in [0.1, 0.15) is 66.8 Å². The molecule has 2 bridgehead atoms. The van der Waals surface area contributed by atoms with Gasteiger partial charge in [0, 0.05) is 30.5 Å². The van der Waals surface area contributed by atoms with Crippen LogP contribution in [0.25, 0.3) is 6.08 Å². The van der Waals surface area contributed by atoms with E-state index in [-0.39, 0.29) is 28.5 Å². The second-order valence-corrected chi connectivity index (χ2v) is 13.9. The van der Waals surface area contributed by atoms with E-state index in [0.29, 0.717) is 24.5 Å². The molecule has 0 saturated heterocycles.